The molecule has 0 amide bonds. The van der Waals surface area contributed by atoms with Gasteiger partial charge in [0.1, 0.15) is 0 Å². The van der Waals surface area contributed by atoms with E-state index in [1.165, 1.54) is 25.7 Å². The van der Waals surface area contributed by atoms with Gasteiger partial charge < -0.3 is 13.5 Å². The van der Waals surface area contributed by atoms with E-state index in [1.807, 2.05) is 0 Å². The third-order valence-corrected chi connectivity index (χ3v) is 4.95. The van der Waals surface area contributed by atoms with Gasteiger partial charge in [-0.15, -0.1) is 0 Å². The van der Waals surface area contributed by atoms with Gasteiger partial charge in [0.05, 0.1) is 0 Å². The van der Waals surface area contributed by atoms with Gasteiger partial charge in [0.25, 0.3) is 0 Å². The van der Waals surface area contributed by atoms with Crippen LogP contribution in [0.4, 0.5) is 0 Å². The molecule has 0 fully saturated rings. The van der Waals surface area contributed by atoms with Crippen LogP contribution in [0.2, 0.25) is 8.73 Å². The molecule has 0 bridgehead atoms. The standard InChI is InChI=1S/2C4H9.H2S.Sb/c2*1-3-4-2;;/h2*1,3-4H2,2H3;1H2;/p-1. The van der Waals surface area contributed by atoms with E-state index in [1.54, 1.807) is 8.73 Å². The summed E-state index contributed by atoms with van der Waals surface area (Å²) in [5.41, 5.74) is 0. The Balaban J connectivity index is 0. The van der Waals surface area contributed by atoms with Crippen LogP contribution in [0.1, 0.15) is 39.5 Å². The topological polar surface area (TPSA) is 0 Å². The summed E-state index contributed by atoms with van der Waals surface area (Å²) in [6, 6.07) is 0. The minimum atomic E-state index is 0. The molecule has 0 spiro atoms. The maximum atomic E-state index is 2.29. The van der Waals surface area contributed by atoms with Crippen LogP contribution in [0.5, 0.6) is 0 Å². The van der Waals surface area contributed by atoms with Gasteiger partial charge in [-0.3, -0.25) is 0 Å². The fraction of sp³-hybridized carbons (Fsp3) is 1.00. The number of thiol groups is 1. The summed E-state index contributed by atoms with van der Waals surface area (Å²) in [4.78, 5) is 0. The summed E-state index contributed by atoms with van der Waals surface area (Å²) in [7, 11) is 0. The molecule has 0 saturated carbocycles. The summed E-state index contributed by atoms with van der Waals surface area (Å²) in [6.07, 6.45) is 5.81. The number of hydrogen-bond acceptors (Lipinski definition) is 1. The third-order valence-electron chi connectivity index (χ3n) is 1.34. The van der Waals surface area contributed by atoms with E-state index in [4.69, 9.17) is 0 Å². The van der Waals surface area contributed by atoms with Gasteiger partial charge in [0.15, 0.2) is 0 Å². The quantitative estimate of drug-likeness (QED) is 0.309. The molecule has 0 unspecified atom stereocenters. The fourth-order valence-corrected chi connectivity index (χ4v) is 4.37. The molecule has 0 N–H and O–H groups in total. The normalized spacial score (nSPS) is 9.00. The monoisotopic (exact) mass is 268 g/mol. The van der Waals surface area contributed by atoms with Crippen LogP contribution in [0.15, 0.2) is 0 Å². The van der Waals surface area contributed by atoms with Gasteiger partial charge in [-0.2, -0.15) is 0 Å². The smallest absolute Gasteiger partial charge is 0.813 e. The molecular weight excluding hydrogens is 250 g/mol. The Kier molecular flexibility index (Phi) is 17.6. The molecule has 0 rings (SSSR count). The van der Waals surface area contributed by atoms with E-state index < -0.39 is 0 Å². The maximum absolute atomic E-state index is 2.29. The van der Waals surface area contributed by atoms with Crippen LogP contribution in [-0.2, 0) is 13.5 Å². The number of hydrogen-bond donors (Lipinski definition) is 0. The average molecular weight is 269 g/mol. The molecule has 10 heavy (non-hydrogen) atoms. The molecule has 0 nitrogen and oxygen atoms in total. The van der Waals surface area contributed by atoms with Crippen molar-refractivity contribution in [2.45, 2.75) is 48.3 Å². The second kappa shape index (κ2) is 12.8. The van der Waals surface area contributed by atoms with Gasteiger partial charge in [0, 0.05) is 0 Å². The van der Waals surface area contributed by atoms with Gasteiger partial charge in [-0.25, -0.2) is 0 Å². The Labute approximate surface area is 83.1 Å². The first-order valence-electron chi connectivity index (χ1n) is 4.05. The SMILES string of the molecule is CCC[CH2][Sb][CH2]CCC.[SH-]. The third kappa shape index (κ3) is 11.9. The van der Waals surface area contributed by atoms with E-state index in [0.29, 0.717) is 21.6 Å². The van der Waals surface area contributed by atoms with Crippen molar-refractivity contribution < 1.29 is 0 Å². The largest absolute Gasteiger partial charge is 0.813 e. The van der Waals surface area contributed by atoms with Gasteiger partial charge in [-0.1, -0.05) is 0 Å². The zero-order valence-electron chi connectivity index (χ0n) is 7.14. The van der Waals surface area contributed by atoms with Crippen molar-refractivity contribution in [2.75, 3.05) is 0 Å². The van der Waals surface area contributed by atoms with Crippen LogP contribution >= 0.6 is 0 Å². The van der Waals surface area contributed by atoms with Crippen molar-refractivity contribution in [3.8, 4) is 0 Å². The summed E-state index contributed by atoms with van der Waals surface area (Å²) >= 11 is 0.304. The Morgan fingerprint density at radius 1 is 0.900 bits per heavy atom. The fourth-order valence-electron chi connectivity index (χ4n) is 0.652. The van der Waals surface area contributed by atoms with Crippen molar-refractivity contribution in [3.05, 3.63) is 0 Å². The molecule has 63 valence electrons. The molecule has 2 heteroatoms. The van der Waals surface area contributed by atoms with Crippen molar-refractivity contribution in [1.29, 1.82) is 0 Å². The maximum Gasteiger partial charge on any atom is -0.813 e. The Morgan fingerprint density at radius 3 is 1.60 bits per heavy atom. The molecule has 0 aromatic rings. The Hall–Kier alpha value is 1.17. The Bertz CT molecular complexity index is 42.5. The van der Waals surface area contributed by atoms with Crippen molar-refractivity contribution in [1.82, 2.24) is 0 Å². The first-order chi connectivity index (χ1) is 4.41. The predicted octanol–water partition coefficient (Wildman–Crippen LogP) is 2.86. The zero-order chi connectivity index (χ0) is 6.95. The summed E-state index contributed by atoms with van der Waals surface area (Å²) in [6.45, 7) is 4.58. The van der Waals surface area contributed by atoms with E-state index in [-0.39, 0.29) is 13.5 Å². The molecule has 1 radical (unpaired) electrons. The summed E-state index contributed by atoms with van der Waals surface area (Å²) < 4.78 is 3.21. The molecular formula is C8H19SSb-. The number of rotatable bonds is 6. The summed E-state index contributed by atoms with van der Waals surface area (Å²) in [5.74, 6) is 0. The first kappa shape index (κ1) is 13.7. The van der Waals surface area contributed by atoms with Gasteiger partial charge >= 0.3 is 69.9 Å². The van der Waals surface area contributed by atoms with Gasteiger partial charge in [0.2, 0.25) is 0 Å². The van der Waals surface area contributed by atoms with E-state index >= 15 is 0 Å². The minimum absolute atomic E-state index is 0. The molecule has 0 aromatic carbocycles. The second-order valence-electron chi connectivity index (χ2n) is 2.38. The van der Waals surface area contributed by atoms with Gasteiger partial charge in [-0.05, 0) is 0 Å². The molecule has 0 aromatic heterocycles. The van der Waals surface area contributed by atoms with Crippen molar-refractivity contribution in [3.63, 3.8) is 0 Å². The van der Waals surface area contributed by atoms with E-state index in [9.17, 15) is 0 Å². The predicted molar refractivity (Wildman–Crippen MR) is 53.9 cm³/mol. The first-order valence-corrected chi connectivity index (χ1v) is 7.66. The molecule has 0 aliphatic carbocycles. The summed E-state index contributed by atoms with van der Waals surface area (Å²) in [5, 5.41) is 0. The molecule has 0 heterocycles. The zero-order valence-corrected chi connectivity index (χ0v) is 10.6. The second-order valence-corrected chi connectivity index (χ2v) is 6.21. The number of unbranched alkanes of at least 4 members (excludes halogenated alkanes) is 2. The molecule has 0 atom stereocenters. The van der Waals surface area contributed by atoms with E-state index in [2.05, 4.69) is 13.8 Å². The van der Waals surface area contributed by atoms with Crippen LogP contribution in [0.25, 0.3) is 0 Å². The van der Waals surface area contributed by atoms with E-state index in [0.717, 1.165) is 0 Å². The van der Waals surface area contributed by atoms with Crippen molar-refractivity contribution >= 4 is 35.1 Å². The molecule has 0 aliphatic heterocycles. The van der Waals surface area contributed by atoms with Crippen LogP contribution < -0.4 is 0 Å². The van der Waals surface area contributed by atoms with Crippen LogP contribution in [-0.4, -0.2) is 21.6 Å². The minimum Gasteiger partial charge on any atom is -0.813 e. The molecule has 0 aliphatic rings. The van der Waals surface area contributed by atoms with Crippen molar-refractivity contribution in [2.24, 2.45) is 0 Å². The average Bonchev–Trinajstić information content (AvgIpc) is 1.89. The van der Waals surface area contributed by atoms with Crippen LogP contribution in [0, 0.1) is 0 Å². The molecule has 0 saturated heterocycles. The Morgan fingerprint density at radius 2 is 1.30 bits per heavy atom. The van der Waals surface area contributed by atoms with Crippen LogP contribution in [0.3, 0.4) is 0 Å².